The molecule has 0 unspecified atom stereocenters. The number of nitrogens with one attached hydrogen (secondary N) is 1. The Morgan fingerprint density at radius 3 is 2.29 bits per heavy atom. The van der Waals surface area contributed by atoms with Gasteiger partial charge in [0.15, 0.2) is 17.1 Å². The zero-order valence-corrected chi connectivity index (χ0v) is 12.7. The van der Waals surface area contributed by atoms with Crippen molar-refractivity contribution in [3.05, 3.63) is 59.6 Å². The van der Waals surface area contributed by atoms with Crippen LogP contribution < -0.4 is 10.1 Å². The van der Waals surface area contributed by atoms with Crippen molar-refractivity contribution >= 4 is 5.69 Å². The van der Waals surface area contributed by atoms with E-state index in [1.165, 1.54) is 19.2 Å². The van der Waals surface area contributed by atoms with Gasteiger partial charge in [-0.05, 0) is 35.4 Å². The maximum absolute atomic E-state index is 13.8. The van der Waals surface area contributed by atoms with Crippen LogP contribution in [0.3, 0.4) is 0 Å². The molecule has 5 nitrogen and oxygen atoms in total. The molecule has 0 aliphatic heterocycles. The topological polar surface area (TPSA) is 92.6 Å². The number of hydrogen-bond donors (Lipinski definition) is 1. The lowest BCUT2D eigenvalue weighted by Crippen LogP contribution is -2.00. The summed E-state index contributed by atoms with van der Waals surface area (Å²) in [5, 5.41) is 29.5. The summed E-state index contributed by atoms with van der Waals surface area (Å²) < 4.78 is 18.7. The van der Waals surface area contributed by atoms with Gasteiger partial charge in [0.05, 0.1) is 7.11 Å². The summed E-state index contributed by atoms with van der Waals surface area (Å²) in [6.45, 7) is 0. The molecular formula is C18H11FN4O. The molecule has 0 spiro atoms. The molecule has 116 valence electrons. The maximum Gasteiger partial charge on any atom is 0.165 e. The van der Waals surface area contributed by atoms with Gasteiger partial charge >= 0.3 is 0 Å². The van der Waals surface area contributed by atoms with E-state index in [4.69, 9.17) is 20.5 Å². The van der Waals surface area contributed by atoms with E-state index < -0.39 is 5.82 Å². The second-order valence-electron chi connectivity index (χ2n) is 4.64. The molecule has 2 aromatic rings. The summed E-state index contributed by atoms with van der Waals surface area (Å²) in [5.74, 6) is -0.336. The lowest BCUT2D eigenvalue weighted by molar-refractivity contribution is 0.386. The predicted molar refractivity (Wildman–Crippen MR) is 85.9 cm³/mol. The van der Waals surface area contributed by atoms with Gasteiger partial charge in [-0.15, -0.1) is 0 Å². The number of rotatable bonds is 4. The van der Waals surface area contributed by atoms with E-state index in [9.17, 15) is 4.39 Å². The molecule has 0 aromatic heterocycles. The van der Waals surface area contributed by atoms with Crippen LogP contribution >= 0.6 is 0 Å². The highest BCUT2D eigenvalue weighted by atomic mass is 19.1. The van der Waals surface area contributed by atoms with Crippen molar-refractivity contribution < 1.29 is 9.13 Å². The van der Waals surface area contributed by atoms with Crippen molar-refractivity contribution in [3.63, 3.8) is 0 Å². The second kappa shape index (κ2) is 7.45. The lowest BCUT2D eigenvalue weighted by Gasteiger charge is -2.09. The fraction of sp³-hybridized carbons (Fsp3) is 0.0556. The molecule has 24 heavy (non-hydrogen) atoms. The molecule has 2 aromatic carbocycles. The molecule has 0 fully saturated rings. The number of methoxy groups -OCH3 is 1. The number of nitrogens with zero attached hydrogens (tertiary/aromatic N) is 3. The third kappa shape index (κ3) is 3.50. The van der Waals surface area contributed by atoms with Crippen LogP contribution in [-0.4, -0.2) is 7.11 Å². The third-order valence-corrected chi connectivity index (χ3v) is 3.20. The minimum atomic E-state index is -0.484. The molecule has 0 radical (unpaired) electrons. The first kappa shape index (κ1) is 16.5. The number of hydrogen-bond acceptors (Lipinski definition) is 5. The number of anilines is 1. The van der Waals surface area contributed by atoms with E-state index in [1.807, 2.05) is 0 Å². The average Bonchev–Trinajstić information content (AvgIpc) is 2.62. The Hall–Kier alpha value is -3.82. The van der Waals surface area contributed by atoms with Gasteiger partial charge in [-0.1, -0.05) is 18.2 Å². The summed E-state index contributed by atoms with van der Waals surface area (Å²) >= 11 is 0. The van der Waals surface area contributed by atoms with Crippen molar-refractivity contribution in [2.24, 2.45) is 0 Å². The van der Waals surface area contributed by atoms with Crippen LogP contribution in [0.25, 0.3) is 11.1 Å². The van der Waals surface area contributed by atoms with Crippen molar-refractivity contribution in [3.8, 4) is 35.1 Å². The molecule has 1 N–H and O–H groups in total. The summed E-state index contributed by atoms with van der Waals surface area (Å²) in [7, 11) is 1.39. The van der Waals surface area contributed by atoms with Crippen LogP contribution in [0.4, 0.5) is 10.1 Å². The Morgan fingerprint density at radius 1 is 1.00 bits per heavy atom. The average molecular weight is 318 g/mol. The van der Waals surface area contributed by atoms with E-state index >= 15 is 0 Å². The minimum absolute atomic E-state index is 0.141. The second-order valence-corrected chi connectivity index (χ2v) is 4.64. The van der Waals surface area contributed by atoms with Crippen LogP contribution in [-0.2, 0) is 0 Å². The fourth-order valence-corrected chi connectivity index (χ4v) is 2.05. The summed E-state index contributed by atoms with van der Waals surface area (Å²) in [6.07, 6.45) is 0. The van der Waals surface area contributed by atoms with Gasteiger partial charge in [-0.25, -0.2) is 4.39 Å². The Labute approximate surface area is 138 Å². The molecule has 6 heteroatoms. The van der Waals surface area contributed by atoms with Crippen LogP contribution in [0, 0.1) is 39.8 Å². The number of allylic oxidation sites excluding steroid dienone is 2. The molecule has 0 saturated carbocycles. The van der Waals surface area contributed by atoms with Gasteiger partial charge in [0.1, 0.15) is 23.9 Å². The number of halogens is 1. The Kier molecular flexibility index (Phi) is 5.13. The summed E-state index contributed by atoms with van der Waals surface area (Å²) in [5.41, 5.74) is 1.38. The van der Waals surface area contributed by atoms with Crippen molar-refractivity contribution in [2.75, 3.05) is 12.4 Å². The van der Waals surface area contributed by atoms with Crippen LogP contribution in [0.5, 0.6) is 5.75 Å². The van der Waals surface area contributed by atoms with Crippen molar-refractivity contribution in [1.29, 1.82) is 15.8 Å². The summed E-state index contributed by atoms with van der Waals surface area (Å²) in [4.78, 5) is 0. The maximum atomic E-state index is 13.8. The zero-order valence-electron chi connectivity index (χ0n) is 12.7. The first-order valence-corrected chi connectivity index (χ1v) is 6.78. The molecule has 0 amide bonds. The highest BCUT2D eigenvalue weighted by molar-refractivity contribution is 5.70. The van der Waals surface area contributed by atoms with Crippen LogP contribution in [0.2, 0.25) is 0 Å². The Bertz CT molecular complexity index is 913. The van der Waals surface area contributed by atoms with Gasteiger partial charge in [0, 0.05) is 5.69 Å². The minimum Gasteiger partial charge on any atom is -0.494 e. The first-order chi connectivity index (χ1) is 11.6. The summed E-state index contributed by atoms with van der Waals surface area (Å²) in [6, 6.07) is 16.5. The van der Waals surface area contributed by atoms with E-state index in [0.717, 1.165) is 0 Å². The van der Waals surface area contributed by atoms with Gasteiger partial charge in [-0.2, -0.15) is 15.8 Å². The van der Waals surface area contributed by atoms with Crippen LogP contribution in [0.15, 0.2) is 53.7 Å². The highest BCUT2D eigenvalue weighted by Crippen LogP contribution is 2.27. The Morgan fingerprint density at radius 2 is 1.71 bits per heavy atom. The van der Waals surface area contributed by atoms with E-state index in [0.29, 0.717) is 16.8 Å². The predicted octanol–water partition coefficient (Wildman–Crippen LogP) is 3.74. The van der Waals surface area contributed by atoms with E-state index in [2.05, 4.69) is 5.32 Å². The normalized spacial score (nSPS) is 9.12. The number of nitriles is 3. The Balaban J connectivity index is 2.39. The quantitative estimate of drug-likeness (QED) is 0.867. The van der Waals surface area contributed by atoms with Gasteiger partial charge in [-0.3, -0.25) is 0 Å². The van der Waals surface area contributed by atoms with Gasteiger partial charge in [0.25, 0.3) is 0 Å². The standard InChI is InChI=1S/C18H11FN4O/c1-24-18-6-5-13(8-16(18)19)12-3-2-4-15(7-12)23-17(11-22)14(9-20)10-21/h2-8,23H,1H3. The van der Waals surface area contributed by atoms with E-state index in [1.54, 1.807) is 48.5 Å². The molecule has 0 atom stereocenters. The molecule has 0 heterocycles. The third-order valence-electron chi connectivity index (χ3n) is 3.20. The van der Waals surface area contributed by atoms with Crippen LogP contribution in [0.1, 0.15) is 0 Å². The van der Waals surface area contributed by atoms with Crippen molar-refractivity contribution in [1.82, 2.24) is 0 Å². The molecule has 0 aliphatic carbocycles. The first-order valence-electron chi connectivity index (χ1n) is 6.78. The van der Waals surface area contributed by atoms with Gasteiger partial charge < -0.3 is 10.1 Å². The lowest BCUT2D eigenvalue weighted by atomic mass is 10.0. The fourth-order valence-electron chi connectivity index (χ4n) is 2.05. The zero-order chi connectivity index (χ0) is 17.5. The van der Waals surface area contributed by atoms with E-state index in [-0.39, 0.29) is 17.0 Å². The number of ether oxygens (including phenoxy) is 1. The monoisotopic (exact) mass is 318 g/mol. The smallest absolute Gasteiger partial charge is 0.165 e. The number of benzene rings is 2. The molecule has 2 rings (SSSR count). The molecule has 0 aliphatic rings. The SMILES string of the molecule is COc1ccc(-c2cccc(NC(C#N)=C(C#N)C#N)c2)cc1F. The highest BCUT2D eigenvalue weighted by Gasteiger charge is 2.08. The molecule has 0 saturated heterocycles. The largest absolute Gasteiger partial charge is 0.494 e. The van der Waals surface area contributed by atoms with Gasteiger partial charge in [0.2, 0.25) is 0 Å². The molecular weight excluding hydrogens is 307 g/mol. The van der Waals surface area contributed by atoms with Crippen molar-refractivity contribution in [2.45, 2.75) is 0 Å². The molecule has 0 bridgehead atoms.